The summed E-state index contributed by atoms with van der Waals surface area (Å²) in [6.07, 6.45) is 3.09. The Bertz CT molecular complexity index is 447. The highest BCUT2D eigenvalue weighted by Gasteiger charge is 2.36. The summed E-state index contributed by atoms with van der Waals surface area (Å²) in [5.74, 6) is 0.957. The fourth-order valence-electron chi connectivity index (χ4n) is 2.85. The molecule has 0 bridgehead atoms. The van der Waals surface area contributed by atoms with Gasteiger partial charge in [0.1, 0.15) is 5.82 Å². The lowest BCUT2D eigenvalue weighted by atomic mass is 10.1. The van der Waals surface area contributed by atoms with Gasteiger partial charge in [-0.15, -0.1) is 0 Å². The van der Waals surface area contributed by atoms with Crippen LogP contribution in [0.15, 0.2) is 12.4 Å². The molecule has 2 aliphatic rings. The van der Waals surface area contributed by atoms with E-state index in [4.69, 9.17) is 9.47 Å². The number of aliphatic hydroxyl groups excluding tert-OH is 1. The van der Waals surface area contributed by atoms with Crippen LogP contribution >= 0.6 is 0 Å². The molecule has 2 saturated heterocycles. The molecule has 0 saturated carbocycles. The second-order valence-electron chi connectivity index (χ2n) is 5.72. The summed E-state index contributed by atoms with van der Waals surface area (Å²) in [5.41, 5.74) is 0. The van der Waals surface area contributed by atoms with Crippen LogP contribution in [0, 0.1) is 0 Å². The third kappa shape index (κ3) is 3.61. The van der Waals surface area contributed by atoms with Crippen molar-refractivity contribution in [2.45, 2.75) is 24.8 Å². The van der Waals surface area contributed by atoms with E-state index < -0.39 is 6.10 Å². The number of nitrogens with zero attached hydrogens (tertiary/aromatic N) is 3. The number of aliphatic hydroxyl groups is 1. The molecule has 0 aromatic carbocycles. The number of hydrogen-bond donors (Lipinski definition) is 2. The Labute approximate surface area is 124 Å². The minimum atomic E-state index is -0.479. The second-order valence-corrected chi connectivity index (χ2v) is 5.72. The number of rotatable bonds is 5. The largest absolute Gasteiger partial charge is 0.389 e. The van der Waals surface area contributed by atoms with Gasteiger partial charge >= 0.3 is 0 Å². The average molecular weight is 296 g/mol. The van der Waals surface area contributed by atoms with Crippen LogP contribution in [-0.2, 0) is 23.1 Å². The number of aryl methyl sites for hydroxylation is 1. The van der Waals surface area contributed by atoms with Crippen LogP contribution in [0.25, 0.3) is 0 Å². The van der Waals surface area contributed by atoms with Gasteiger partial charge < -0.3 is 24.5 Å². The molecule has 2 aliphatic heterocycles. The number of nitrogens with one attached hydrogen (secondary N) is 1. The van der Waals surface area contributed by atoms with Gasteiger partial charge in [0.15, 0.2) is 0 Å². The predicted octanol–water partition coefficient (Wildman–Crippen LogP) is -1.03. The molecule has 0 amide bonds. The fourth-order valence-corrected chi connectivity index (χ4v) is 2.85. The van der Waals surface area contributed by atoms with Crippen molar-refractivity contribution in [3.05, 3.63) is 18.2 Å². The molecule has 7 heteroatoms. The minimum absolute atomic E-state index is 0.0345. The Hall–Kier alpha value is -0.990. The summed E-state index contributed by atoms with van der Waals surface area (Å²) in [6.45, 7) is 5.31. The van der Waals surface area contributed by atoms with Crippen molar-refractivity contribution in [2.24, 2.45) is 7.05 Å². The number of ether oxygens (including phenoxy) is 2. The molecule has 118 valence electrons. The van der Waals surface area contributed by atoms with E-state index in [-0.39, 0.29) is 12.1 Å². The summed E-state index contributed by atoms with van der Waals surface area (Å²) < 4.78 is 13.1. The highest BCUT2D eigenvalue weighted by molar-refractivity contribution is 4.95. The lowest BCUT2D eigenvalue weighted by molar-refractivity contribution is -0.0181. The van der Waals surface area contributed by atoms with E-state index >= 15 is 0 Å². The lowest BCUT2D eigenvalue weighted by Gasteiger charge is -2.30. The summed E-state index contributed by atoms with van der Waals surface area (Å²) in [7, 11) is 1.97. The van der Waals surface area contributed by atoms with Crippen LogP contribution in [0.3, 0.4) is 0 Å². The molecule has 7 nitrogen and oxygen atoms in total. The zero-order chi connectivity index (χ0) is 14.7. The highest BCUT2D eigenvalue weighted by atomic mass is 16.5. The number of aromatic nitrogens is 2. The van der Waals surface area contributed by atoms with Gasteiger partial charge in [0.05, 0.1) is 44.6 Å². The molecular weight excluding hydrogens is 272 g/mol. The zero-order valence-electron chi connectivity index (χ0n) is 12.4. The number of imidazole rings is 1. The maximum Gasteiger partial charge on any atom is 0.122 e. The zero-order valence-corrected chi connectivity index (χ0v) is 12.4. The normalized spacial score (nSPS) is 30.9. The first kappa shape index (κ1) is 14.9. The fraction of sp³-hybridized carbons (Fsp3) is 0.786. The van der Waals surface area contributed by atoms with E-state index in [9.17, 15) is 5.11 Å². The average Bonchev–Trinajstić information content (AvgIpc) is 3.06. The summed E-state index contributed by atoms with van der Waals surface area (Å²) in [5, 5.41) is 13.7. The van der Waals surface area contributed by atoms with E-state index in [1.54, 1.807) is 6.20 Å². The molecule has 0 unspecified atom stereocenters. The van der Waals surface area contributed by atoms with E-state index in [0.29, 0.717) is 13.2 Å². The minimum Gasteiger partial charge on any atom is -0.389 e. The van der Waals surface area contributed by atoms with E-state index in [2.05, 4.69) is 15.2 Å². The van der Waals surface area contributed by atoms with Crippen LogP contribution in [-0.4, -0.2) is 77.3 Å². The van der Waals surface area contributed by atoms with Crippen LogP contribution < -0.4 is 5.32 Å². The Balaban J connectivity index is 1.46. The molecule has 1 aromatic heterocycles. The first-order valence-corrected chi connectivity index (χ1v) is 7.53. The van der Waals surface area contributed by atoms with Crippen LogP contribution in [0.5, 0.6) is 0 Å². The van der Waals surface area contributed by atoms with Gasteiger partial charge in [-0.2, -0.15) is 0 Å². The standard InChI is InChI=1S/C14H24N4O3/c1-17-3-2-15-13(17)8-16-11-10-21-12(14(11)19)9-18-4-6-20-7-5-18/h2-3,11-12,14,16,19H,4-10H2,1H3/t11-,12-,14+/m0/s1. The molecule has 1 aromatic rings. The first-order chi connectivity index (χ1) is 10.2. The molecular formula is C14H24N4O3. The Morgan fingerprint density at radius 1 is 1.43 bits per heavy atom. The van der Waals surface area contributed by atoms with E-state index in [1.807, 2.05) is 17.8 Å². The second kappa shape index (κ2) is 6.85. The number of hydrogen-bond acceptors (Lipinski definition) is 6. The molecule has 21 heavy (non-hydrogen) atoms. The van der Waals surface area contributed by atoms with Gasteiger partial charge in [-0.05, 0) is 0 Å². The summed E-state index contributed by atoms with van der Waals surface area (Å²) in [4.78, 5) is 6.56. The maximum atomic E-state index is 10.4. The highest BCUT2D eigenvalue weighted by Crippen LogP contribution is 2.16. The van der Waals surface area contributed by atoms with Crippen molar-refractivity contribution < 1.29 is 14.6 Å². The van der Waals surface area contributed by atoms with Crippen molar-refractivity contribution in [3.63, 3.8) is 0 Å². The maximum absolute atomic E-state index is 10.4. The van der Waals surface area contributed by atoms with E-state index in [0.717, 1.165) is 38.7 Å². The molecule has 3 atom stereocenters. The van der Waals surface area contributed by atoms with Crippen LogP contribution in [0.1, 0.15) is 5.82 Å². The molecule has 0 spiro atoms. The van der Waals surface area contributed by atoms with Crippen molar-refractivity contribution in [1.29, 1.82) is 0 Å². The van der Waals surface area contributed by atoms with Gasteiger partial charge in [0.2, 0.25) is 0 Å². The summed E-state index contributed by atoms with van der Waals surface area (Å²) >= 11 is 0. The SMILES string of the molecule is Cn1ccnc1CN[C@H]1CO[C@@H](CN2CCOCC2)[C@@H]1O. The van der Waals surface area contributed by atoms with Crippen molar-refractivity contribution >= 4 is 0 Å². The van der Waals surface area contributed by atoms with Crippen LogP contribution in [0.2, 0.25) is 0 Å². The molecule has 2 fully saturated rings. The third-order valence-electron chi connectivity index (χ3n) is 4.27. The van der Waals surface area contributed by atoms with Gasteiger partial charge in [-0.1, -0.05) is 0 Å². The monoisotopic (exact) mass is 296 g/mol. The molecule has 0 radical (unpaired) electrons. The smallest absolute Gasteiger partial charge is 0.122 e. The first-order valence-electron chi connectivity index (χ1n) is 7.53. The van der Waals surface area contributed by atoms with Crippen LogP contribution in [0.4, 0.5) is 0 Å². The molecule has 3 rings (SSSR count). The number of morpholine rings is 1. The third-order valence-corrected chi connectivity index (χ3v) is 4.27. The van der Waals surface area contributed by atoms with Crippen molar-refractivity contribution in [2.75, 3.05) is 39.5 Å². The molecule has 3 heterocycles. The quantitative estimate of drug-likeness (QED) is 0.724. The molecule has 0 aliphatic carbocycles. The topological polar surface area (TPSA) is 71.8 Å². The Kier molecular flexibility index (Phi) is 4.87. The van der Waals surface area contributed by atoms with Gasteiger partial charge in [0, 0.05) is 39.1 Å². The Morgan fingerprint density at radius 2 is 2.24 bits per heavy atom. The van der Waals surface area contributed by atoms with E-state index in [1.165, 1.54) is 0 Å². The summed E-state index contributed by atoms with van der Waals surface area (Å²) in [6, 6.07) is -0.0345. The lowest BCUT2D eigenvalue weighted by Crippen LogP contribution is -2.47. The predicted molar refractivity (Wildman–Crippen MR) is 76.8 cm³/mol. The molecule has 2 N–H and O–H groups in total. The van der Waals surface area contributed by atoms with Gasteiger partial charge in [-0.25, -0.2) is 4.98 Å². The van der Waals surface area contributed by atoms with Crippen molar-refractivity contribution in [3.8, 4) is 0 Å². The van der Waals surface area contributed by atoms with Crippen molar-refractivity contribution in [1.82, 2.24) is 19.8 Å². The Morgan fingerprint density at radius 3 is 2.95 bits per heavy atom. The van der Waals surface area contributed by atoms with Gasteiger partial charge in [-0.3, -0.25) is 4.90 Å². The van der Waals surface area contributed by atoms with Gasteiger partial charge in [0.25, 0.3) is 0 Å².